The summed E-state index contributed by atoms with van der Waals surface area (Å²) in [6.45, 7) is 4.73. The second kappa shape index (κ2) is 12.5. The molecule has 3 nitrogen and oxygen atoms in total. The highest BCUT2D eigenvalue weighted by atomic mass is 16.5. The van der Waals surface area contributed by atoms with Crippen molar-refractivity contribution in [2.45, 2.75) is 24.7 Å². The normalized spacial score (nSPS) is 14.8. The zero-order valence-electron chi connectivity index (χ0n) is 33.9. The van der Waals surface area contributed by atoms with Crippen LogP contribution in [0.3, 0.4) is 0 Å². The standard InChI is InChI=1S/C58H40N2O/c1-57(2)45-20-8-6-18-41(45)42-31-30-40(36-49(42)57)60-53-25-13-9-21-46(53)58(47-22-10-14-26-55(47)61-56-27-15-11-23-48(56)58)50-35-38(29-33-54(50)60)37-28-32-52-44(34-37)43-19-7-12-24-51(43)59(52)39-16-4-3-5-17-39/h3-36H,1-2H3. The zero-order chi connectivity index (χ0) is 40.5. The third-order valence-corrected chi connectivity index (χ3v) is 13.8. The minimum absolute atomic E-state index is 0.133. The molecule has 0 saturated carbocycles. The van der Waals surface area contributed by atoms with Gasteiger partial charge in [-0.25, -0.2) is 0 Å². The number of fused-ring (bicyclic) bond motifs is 14. The van der Waals surface area contributed by atoms with Gasteiger partial charge < -0.3 is 14.2 Å². The smallest absolute Gasteiger partial charge is 0.132 e. The molecule has 1 aliphatic carbocycles. The molecule has 9 aromatic carbocycles. The fourth-order valence-electron chi connectivity index (χ4n) is 11.2. The van der Waals surface area contributed by atoms with Crippen LogP contribution in [0.1, 0.15) is 47.2 Å². The summed E-state index contributed by atoms with van der Waals surface area (Å²) in [6, 6.07) is 76.0. The van der Waals surface area contributed by atoms with E-state index in [0.29, 0.717) is 0 Å². The van der Waals surface area contributed by atoms with Gasteiger partial charge in [0, 0.05) is 38.7 Å². The van der Waals surface area contributed by atoms with Crippen molar-refractivity contribution in [1.29, 1.82) is 0 Å². The van der Waals surface area contributed by atoms with Crippen molar-refractivity contribution in [2.24, 2.45) is 0 Å². The van der Waals surface area contributed by atoms with Gasteiger partial charge in [-0.3, -0.25) is 0 Å². The first-order valence-electron chi connectivity index (χ1n) is 21.3. The number of nitrogens with zero attached hydrogens (tertiary/aromatic N) is 2. The van der Waals surface area contributed by atoms with E-state index in [4.69, 9.17) is 4.74 Å². The van der Waals surface area contributed by atoms with Gasteiger partial charge in [0.1, 0.15) is 11.5 Å². The largest absolute Gasteiger partial charge is 0.457 e. The Balaban J connectivity index is 1.09. The van der Waals surface area contributed by atoms with Crippen LogP contribution in [-0.2, 0) is 10.8 Å². The van der Waals surface area contributed by atoms with Crippen molar-refractivity contribution >= 4 is 38.9 Å². The molecule has 3 heteroatoms. The number of anilines is 3. The Morgan fingerprint density at radius 2 is 0.967 bits per heavy atom. The maximum Gasteiger partial charge on any atom is 0.132 e. The first-order valence-corrected chi connectivity index (χ1v) is 21.3. The van der Waals surface area contributed by atoms with E-state index in [2.05, 4.69) is 230 Å². The lowest BCUT2D eigenvalue weighted by Crippen LogP contribution is -2.39. The van der Waals surface area contributed by atoms with E-state index >= 15 is 0 Å². The Bertz CT molecular complexity index is 3400. The highest BCUT2D eigenvalue weighted by Gasteiger charge is 2.51. The summed E-state index contributed by atoms with van der Waals surface area (Å²) < 4.78 is 9.16. The summed E-state index contributed by atoms with van der Waals surface area (Å²) in [6.07, 6.45) is 0. The van der Waals surface area contributed by atoms with Crippen molar-refractivity contribution in [3.63, 3.8) is 0 Å². The molecule has 0 unspecified atom stereocenters. The van der Waals surface area contributed by atoms with Gasteiger partial charge in [0.15, 0.2) is 0 Å². The predicted molar refractivity (Wildman–Crippen MR) is 250 cm³/mol. The number of ether oxygens (including phenoxy) is 1. The van der Waals surface area contributed by atoms with E-state index in [9.17, 15) is 0 Å². The van der Waals surface area contributed by atoms with Gasteiger partial charge in [0.2, 0.25) is 0 Å². The maximum atomic E-state index is 6.78. The topological polar surface area (TPSA) is 17.4 Å². The van der Waals surface area contributed by atoms with E-state index in [1.54, 1.807) is 0 Å². The molecule has 61 heavy (non-hydrogen) atoms. The van der Waals surface area contributed by atoms with Crippen molar-refractivity contribution in [3.8, 4) is 39.4 Å². The van der Waals surface area contributed by atoms with E-state index in [-0.39, 0.29) is 5.41 Å². The van der Waals surface area contributed by atoms with Gasteiger partial charge in [-0.15, -0.1) is 0 Å². The Labute approximate surface area is 355 Å². The van der Waals surface area contributed by atoms with Gasteiger partial charge >= 0.3 is 0 Å². The maximum absolute atomic E-state index is 6.78. The molecule has 0 fully saturated rings. The fourth-order valence-corrected chi connectivity index (χ4v) is 11.2. The average molecular weight is 781 g/mol. The molecule has 3 aliphatic rings. The second-order valence-electron chi connectivity index (χ2n) is 17.2. The van der Waals surface area contributed by atoms with Gasteiger partial charge in [-0.05, 0) is 117 Å². The number of aromatic nitrogens is 1. The molecular weight excluding hydrogens is 741 g/mol. The zero-order valence-corrected chi connectivity index (χ0v) is 33.9. The first-order chi connectivity index (χ1) is 30.0. The van der Waals surface area contributed by atoms with Crippen LogP contribution in [0, 0.1) is 0 Å². The summed E-state index contributed by atoms with van der Waals surface area (Å²) in [4.78, 5) is 2.51. The summed E-state index contributed by atoms with van der Waals surface area (Å²) in [7, 11) is 0. The average Bonchev–Trinajstić information content (AvgIpc) is 3.76. The van der Waals surface area contributed by atoms with Crippen LogP contribution in [0.2, 0.25) is 0 Å². The SMILES string of the molecule is CC1(C)c2ccccc2-c2ccc(N3c4ccccc4C4(c5ccccc5Oc5ccccc54)c4cc(-c5ccc6c(c5)c5ccccc5n6-c5ccccc5)ccc43)cc21. The molecule has 2 aliphatic heterocycles. The van der Waals surface area contributed by atoms with Crippen LogP contribution in [0.15, 0.2) is 206 Å². The van der Waals surface area contributed by atoms with E-state index in [1.807, 2.05) is 0 Å². The lowest BCUT2D eigenvalue weighted by Gasteiger charge is -2.48. The lowest BCUT2D eigenvalue weighted by molar-refractivity contribution is 0.434. The number of hydrogen-bond acceptors (Lipinski definition) is 2. The lowest BCUT2D eigenvalue weighted by atomic mass is 9.61. The Hall–Kier alpha value is -7.62. The third kappa shape index (κ3) is 4.58. The van der Waals surface area contributed by atoms with E-state index in [0.717, 1.165) is 45.4 Å². The number of hydrogen-bond donors (Lipinski definition) is 0. The first kappa shape index (κ1) is 34.3. The summed E-state index contributed by atoms with van der Waals surface area (Å²) in [5.74, 6) is 1.76. The molecule has 0 radical (unpaired) electrons. The quantitative estimate of drug-likeness (QED) is 0.178. The summed E-state index contributed by atoms with van der Waals surface area (Å²) >= 11 is 0. The molecular formula is C58H40N2O. The van der Waals surface area contributed by atoms with Crippen LogP contribution in [0.4, 0.5) is 17.1 Å². The highest BCUT2D eigenvalue weighted by Crippen LogP contribution is 2.63. The van der Waals surface area contributed by atoms with Crippen molar-refractivity contribution in [1.82, 2.24) is 4.57 Å². The molecule has 0 bridgehead atoms. The molecule has 288 valence electrons. The van der Waals surface area contributed by atoms with Crippen molar-refractivity contribution in [3.05, 3.63) is 240 Å². The van der Waals surface area contributed by atoms with Crippen molar-refractivity contribution in [2.75, 3.05) is 4.90 Å². The van der Waals surface area contributed by atoms with E-state index in [1.165, 1.54) is 66.3 Å². The minimum Gasteiger partial charge on any atom is -0.457 e. The summed E-state index contributed by atoms with van der Waals surface area (Å²) in [5.41, 5.74) is 18.7. The Morgan fingerprint density at radius 3 is 1.77 bits per heavy atom. The Kier molecular flexibility index (Phi) is 6.99. The molecule has 1 aromatic heterocycles. The third-order valence-electron chi connectivity index (χ3n) is 13.8. The van der Waals surface area contributed by atoms with E-state index < -0.39 is 5.41 Å². The molecule has 13 rings (SSSR count). The summed E-state index contributed by atoms with van der Waals surface area (Å²) in [5, 5.41) is 2.48. The predicted octanol–water partition coefficient (Wildman–Crippen LogP) is 15.0. The van der Waals surface area contributed by atoms with Gasteiger partial charge in [0.25, 0.3) is 0 Å². The monoisotopic (exact) mass is 780 g/mol. The molecule has 3 heterocycles. The number of rotatable bonds is 3. The number of benzene rings is 9. The minimum atomic E-state index is -0.663. The molecule has 1 spiro atoms. The van der Waals surface area contributed by atoms with Crippen LogP contribution in [-0.4, -0.2) is 4.57 Å². The fraction of sp³-hybridized carbons (Fsp3) is 0.0690. The Morgan fingerprint density at radius 1 is 0.377 bits per heavy atom. The second-order valence-corrected chi connectivity index (χ2v) is 17.2. The van der Waals surface area contributed by atoms with Crippen LogP contribution in [0.5, 0.6) is 11.5 Å². The molecule has 0 saturated heterocycles. The molecule has 10 aromatic rings. The van der Waals surface area contributed by atoms with Crippen LogP contribution in [0.25, 0.3) is 49.7 Å². The molecule has 0 amide bonds. The van der Waals surface area contributed by atoms with Gasteiger partial charge in [0.05, 0.1) is 27.8 Å². The number of para-hydroxylation sites is 5. The van der Waals surface area contributed by atoms with Crippen LogP contribution >= 0.6 is 0 Å². The molecule has 0 atom stereocenters. The van der Waals surface area contributed by atoms with Gasteiger partial charge in [-0.1, -0.05) is 147 Å². The van der Waals surface area contributed by atoms with Gasteiger partial charge in [-0.2, -0.15) is 0 Å². The highest BCUT2D eigenvalue weighted by molar-refractivity contribution is 6.10. The van der Waals surface area contributed by atoms with Crippen LogP contribution < -0.4 is 9.64 Å². The molecule has 0 N–H and O–H groups in total. The van der Waals surface area contributed by atoms with Crippen molar-refractivity contribution < 1.29 is 4.74 Å².